The fourth-order valence-corrected chi connectivity index (χ4v) is 8.06. The smallest absolute Gasteiger partial charge is 0.153 e. The number of para-hydroxylation sites is 3. The van der Waals surface area contributed by atoms with Crippen LogP contribution in [0.2, 0.25) is 0 Å². The molecule has 5 nitrogen and oxygen atoms in total. The molecule has 0 saturated heterocycles. The van der Waals surface area contributed by atoms with Gasteiger partial charge in [-0.2, -0.15) is 0 Å². The van der Waals surface area contributed by atoms with Crippen molar-refractivity contribution < 1.29 is 13.6 Å². The minimum absolute atomic E-state index is 0.0675. The molecule has 3 heterocycles. The molecule has 0 fully saturated rings. The first-order chi connectivity index (χ1) is 29.4. The molecule has 0 aliphatic carbocycles. The Hall–Kier alpha value is -7.24. The van der Waals surface area contributed by atoms with E-state index in [2.05, 4.69) is 92.1 Å². The third-order valence-electron chi connectivity index (χ3n) is 11.0. The lowest BCUT2D eigenvalue weighted by molar-refractivity contribution is 0.476. The molecule has 58 heavy (non-hydrogen) atoms. The van der Waals surface area contributed by atoms with Crippen LogP contribution in [0.3, 0.4) is 0 Å². The summed E-state index contributed by atoms with van der Waals surface area (Å²) in [7, 11) is 0. The molecule has 0 radical (unpaired) electrons. The predicted molar refractivity (Wildman–Crippen MR) is 238 cm³/mol. The quantitative estimate of drug-likeness (QED) is 0.184. The number of aromatic nitrogens is 3. The van der Waals surface area contributed by atoms with Gasteiger partial charge in [0.15, 0.2) is 5.82 Å². The third kappa shape index (κ3) is 6.03. The lowest BCUT2D eigenvalue weighted by Crippen LogP contribution is -2.11. The number of furan rings is 1. The molecule has 3 aromatic heterocycles. The van der Waals surface area contributed by atoms with Gasteiger partial charge in [0.1, 0.15) is 22.5 Å². The van der Waals surface area contributed by atoms with Gasteiger partial charge in [-0.15, -0.1) is 0 Å². The Bertz CT molecular complexity index is 3280. The fourth-order valence-electron chi connectivity index (χ4n) is 8.06. The van der Waals surface area contributed by atoms with Crippen molar-refractivity contribution in [2.24, 2.45) is 0 Å². The highest BCUT2D eigenvalue weighted by Gasteiger charge is 2.26. The van der Waals surface area contributed by atoms with Crippen LogP contribution in [0.25, 0.3) is 94.7 Å². The van der Waals surface area contributed by atoms with E-state index in [9.17, 15) is 5.11 Å². The molecule has 0 aliphatic heterocycles. The standard InChI is InChI=1S/C53H41N3O2/c1-33-21-23-34(24-22-33)36-27-28-54-44(32-36)38-29-37(30-39(31-38)53(2,3)4)41-17-12-19-46-50(41)55-52(56(46)45-18-10-8-15-40(45)35-13-6-5-7-14-35)49-47(57)26-25-43-42-16-9-11-20-48(42)58-51(43)49/h5-32,57H,1-4H3/i1D3. The largest absolute Gasteiger partial charge is 0.507 e. The molecule has 0 saturated carbocycles. The summed E-state index contributed by atoms with van der Waals surface area (Å²) in [6, 6.07) is 54.1. The van der Waals surface area contributed by atoms with Crippen LogP contribution >= 0.6 is 0 Å². The maximum Gasteiger partial charge on any atom is 0.153 e. The molecule has 0 atom stereocenters. The summed E-state index contributed by atoms with van der Waals surface area (Å²) in [4.78, 5) is 10.4. The van der Waals surface area contributed by atoms with Crippen molar-refractivity contribution in [2.45, 2.75) is 33.0 Å². The number of aromatic hydroxyl groups is 1. The molecule has 10 rings (SSSR count). The maximum atomic E-state index is 11.9. The molecule has 0 amide bonds. The normalized spacial score (nSPS) is 12.8. The number of aryl methyl sites for hydroxylation is 1. The van der Waals surface area contributed by atoms with Gasteiger partial charge in [0.25, 0.3) is 0 Å². The van der Waals surface area contributed by atoms with Gasteiger partial charge in [-0.25, -0.2) is 4.98 Å². The van der Waals surface area contributed by atoms with Crippen LogP contribution in [0.4, 0.5) is 0 Å². The van der Waals surface area contributed by atoms with E-state index in [1.807, 2.05) is 78.9 Å². The van der Waals surface area contributed by atoms with Crippen molar-refractivity contribution in [1.29, 1.82) is 0 Å². The van der Waals surface area contributed by atoms with Crippen LogP contribution in [-0.4, -0.2) is 19.6 Å². The first kappa shape index (κ1) is 31.9. The van der Waals surface area contributed by atoms with E-state index in [-0.39, 0.29) is 11.2 Å². The Morgan fingerprint density at radius 2 is 1.38 bits per heavy atom. The summed E-state index contributed by atoms with van der Waals surface area (Å²) >= 11 is 0. The number of nitrogens with zero attached hydrogens (tertiary/aromatic N) is 3. The van der Waals surface area contributed by atoms with Crippen molar-refractivity contribution in [3.05, 3.63) is 181 Å². The first-order valence-corrected chi connectivity index (χ1v) is 19.5. The van der Waals surface area contributed by atoms with E-state index in [0.29, 0.717) is 22.5 Å². The van der Waals surface area contributed by atoms with Gasteiger partial charge < -0.3 is 9.52 Å². The zero-order valence-corrected chi connectivity index (χ0v) is 32.4. The number of fused-ring (bicyclic) bond motifs is 4. The molecule has 0 spiro atoms. The molecule has 10 aromatic rings. The van der Waals surface area contributed by atoms with E-state index in [4.69, 9.17) is 18.5 Å². The molecular formula is C53H41N3O2. The number of phenolic OH excluding ortho intramolecular Hbond substituents is 1. The molecule has 0 aliphatic rings. The highest BCUT2D eigenvalue weighted by molar-refractivity contribution is 6.11. The topological polar surface area (TPSA) is 64.1 Å². The number of imidazole rings is 1. The monoisotopic (exact) mass is 754 g/mol. The highest BCUT2D eigenvalue weighted by atomic mass is 16.3. The van der Waals surface area contributed by atoms with Crippen molar-refractivity contribution in [3.63, 3.8) is 0 Å². The summed E-state index contributed by atoms with van der Waals surface area (Å²) in [5.41, 5.74) is 13.1. The Labute approximate surface area is 341 Å². The second-order valence-corrected chi connectivity index (χ2v) is 15.8. The summed E-state index contributed by atoms with van der Waals surface area (Å²) in [5, 5.41) is 13.7. The fraction of sp³-hybridized carbons (Fsp3) is 0.0943. The predicted octanol–water partition coefficient (Wildman–Crippen LogP) is 14.0. The number of phenols is 1. The molecule has 280 valence electrons. The van der Waals surface area contributed by atoms with Crippen molar-refractivity contribution in [2.75, 3.05) is 0 Å². The van der Waals surface area contributed by atoms with E-state index < -0.39 is 6.85 Å². The van der Waals surface area contributed by atoms with E-state index in [1.165, 1.54) is 0 Å². The van der Waals surface area contributed by atoms with Gasteiger partial charge >= 0.3 is 0 Å². The summed E-state index contributed by atoms with van der Waals surface area (Å²) in [6.07, 6.45) is 1.80. The second-order valence-electron chi connectivity index (χ2n) is 15.8. The van der Waals surface area contributed by atoms with Gasteiger partial charge in [-0.1, -0.05) is 136 Å². The molecule has 1 N–H and O–H groups in total. The van der Waals surface area contributed by atoms with Gasteiger partial charge in [0.05, 0.1) is 22.4 Å². The van der Waals surface area contributed by atoms with Crippen LogP contribution in [0.1, 0.15) is 36.0 Å². The second kappa shape index (κ2) is 13.7. The lowest BCUT2D eigenvalue weighted by atomic mass is 9.83. The number of pyridine rings is 1. The van der Waals surface area contributed by atoms with Gasteiger partial charge in [-0.05, 0) is 94.7 Å². The van der Waals surface area contributed by atoms with E-state index >= 15 is 0 Å². The Balaban J connectivity index is 1.22. The van der Waals surface area contributed by atoms with Crippen LogP contribution in [0, 0.1) is 6.85 Å². The lowest BCUT2D eigenvalue weighted by Gasteiger charge is -2.22. The number of hydrogen-bond acceptors (Lipinski definition) is 4. The molecule has 5 heteroatoms. The Kier molecular flexibility index (Phi) is 7.56. The molecule has 0 bridgehead atoms. The van der Waals surface area contributed by atoms with Crippen LogP contribution < -0.4 is 0 Å². The molecule has 7 aromatic carbocycles. The SMILES string of the molecule is [2H]C([2H])([2H])c1ccc(-c2ccnc(-c3cc(-c4cccc5c4nc(-c4c(O)ccc6c4oc4ccccc46)n5-c4ccccc4-c4ccccc4)cc(C(C)(C)C)c3)c2)cc1. The van der Waals surface area contributed by atoms with Crippen LogP contribution in [0.5, 0.6) is 5.75 Å². The van der Waals surface area contributed by atoms with E-state index in [0.717, 1.165) is 83.3 Å². The zero-order chi connectivity index (χ0) is 42.0. The van der Waals surface area contributed by atoms with Crippen molar-refractivity contribution in [3.8, 4) is 67.5 Å². The number of benzene rings is 7. The van der Waals surface area contributed by atoms with Gasteiger partial charge in [0.2, 0.25) is 0 Å². The van der Waals surface area contributed by atoms with Crippen LogP contribution in [0.15, 0.2) is 174 Å². The summed E-state index contributed by atoms with van der Waals surface area (Å²) in [6.45, 7) is 4.45. The number of rotatable bonds is 6. The Morgan fingerprint density at radius 1 is 0.621 bits per heavy atom. The van der Waals surface area contributed by atoms with Crippen molar-refractivity contribution in [1.82, 2.24) is 14.5 Å². The molecular weight excluding hydrogens is 711 g/mol. The van der Waals surface area contributed by atoms with Crippen molar-refractivity contribution >= 4 is 33.0 Å². The van der Waals surface area contributed by atoms with Crippen LogP contribution in [-0.2, 0) is 5.41 Å². The highest BCUT2D eigenvalue weighted by Crippen LogP contribution is 2.45. The Morgan fingerprint density at radius 3 is 2.21 bits per heavy atom. The van der Waals surface area contributed by atoms with Gasteiger partial charge in [0, 0.05) is 37.8 Å². The average molecular weight is 755 g/mol. The summed E-state index contributed by atoms with van der Waals surface area (Å²) < 4.78 is 32.2. The summed E-state index contributed by atoms with van der Waals surface area (Å²) in [5.74, 6) is 0.622. The van der Waals surface area contributed by atoms with E-state index in [1.54, 1.807) is 24.4 Å². The minimum atomic E-state index is -2.17. The average Bonchev–Trinajstić information content (AvgIpc) is 3.84. The minimum Gasteiger partial charge on any atom is -0.507 e. The van der Waals surface area contributed by atoms with Gasteiger partial charge in [-0.3, -0.25) is 9.55 Å². The zero-order valence-electron chi connectivity index (χ0n) is 35.4. The third-order valence-corrected chi connectivity index (χ3v) is 11.0. The maximum absolute atomic E-state index is 11.9. The number of hydrogen-bond donors (Lipinski definition) is 1. The first-order valence-electron chi connectivity index (χ1n) is 21.0. The molecule has 0 unspecified atom stereocenters.